The summed E-state index contributed by atoms with van der Waals surface area (Å²) in [5, 5.41) is 2.75. The zero-order valence-electron chi connectivity index (χ0n) is 9.87. The first-order valence-corrected chi connectivity index (χ1v) is 5.24. The van der Waals surface area contributed by atoms with Crippen LogP contribution in [0.5, 0.6) is 11.6 Å². The molecule has 2 aromatic rings. The molecule has 0 unspecified atom stereocenters. The predicted octanol–water partition coefficient (Wildman–Crippen LogP) is 2.90. The highest BCUT2D eigenvalue weighted by atomic mass is 19.1. The Balaban J connectivity index is 2.33. The van der Waals surface area contributed by atoms with Gasteiger partial charge in [0, 0.05) is 24.9 Å². The molecule has 0 radical (unpaired) electrons. The molecule has 0 saturated carbocycles. The van der Waals surface area contributed by atoms with Crippen LogP contribution in [0.1, 0.15) is 5.56 Å². The summed E-state index contributed by atoms with van der Waals surface area (Å²) in [5.41, 5.74) is 0.651. The smallest absolute Gasteiger partial charge is 0.227 e. The topological polar surface area (TPSA) is 47.0 Å². The van der Waals surface area contributed by atoms with Crippen molar-refractivity contribution in [2.75, 3.05) is 12.4 Å². The van der Waals surface area contributed by atoms with Crippen molar-refractivity contribution in [3.05, 3.63) is 41.6 Å². The molecule has 2 rings (SSSR count). The number of rotatable bonds is 3. The van der Waals surface area contributed by atoms with Gasteiger partial charge < -0.3 is 10.1 Å². The quantitative estimate of drug-likeness (QED) is 0.911. The van der Waals surface area contributed by atoms with Gasteiger partial charge in [-0.1, -0.05) is 0 Å². The molecule has 1 aromatic heterocycles. The van der Waals surface area contributed by atoms with Crippen LogP contribution in [0.3, 0.4) is 0 Å². The summed E-state index contributed by atoms with van der Waals surface area (Å²) in [7, 11) is 1.66. The van der Waals surface area contributed by atoms with E-state index in [0.717, 1.165) is 12.1 Å². The zero-order chi connectivity index (χ0) is 13.1. The number of aryl methyl sites for hydroxylation is 1. The first kappa shape index (κ1) is 12.2. The lowest BCUT2D eigenvalue weighted by Crippen LogP contribution is -2.00. The molecule has 0 saturated heterocycles. The van der Waals surface area contributed by atoms with E-state index in [1.54, 1.807) is 20.2 Å². The predicted molar refractivity (Wildman–Crippen MR) is 62.7 cm³/mol. The van der Waals surface area contributed by atoms with Crippen molar-refractivity contribution >= 4 is 5.95 Å². The lowest BCUT2D eigenvalue weighted by atomic mass is 10.3. The molecular formula is C12H11F2N3O. The molecule has 0 aliphatic carbocycles. The highest BCUT2D eigenvalue weighted by molar-refractivity contribution is 5.36. The molecule has 1 heterocycles. The Hall–Kier alpha value is -2.24. The van der Waals surface area contributed by atoms with Crippen molar-refractivity contribution in [1.29, 1.82) is 0 Å². The van der Waals surface area contributed by atoms with E-state index in [0.29, 0.717) is 11.5 Å². The van der Waals surface area contributed by atoms with Gasteiger partial charge in [-0.15, -0.1) is 0 Å². The van der Waals surface area contributed by atoms with Gasteiger partial charge in [0.05, 0.1) is 0 Å². The maximum absolute atomic E-state index is 13.4. The molecular weight excluding hydrogens is 240 g/mol. The number of benzene rings is 1. The first-order valence-electron chi connectivity index (χ1n) is 5.24. The second kappa shape index (κ2) is 4.95. The Morgan fingerprint density at radius 2 is 2.06 bits per heavy atom. The first-order chi connectivity index (χ1) is 8.60. The van der Waals surface area contributed by atoms with Crippen molar-refractivity contribution in [3.63, 3.8) is 0 Å². The number of nitrogens with one attached hydrogen (secondary N) is 1. The van der Waals surface area contributed by atoms with Gasteiger partial charge in [0.1, 0.15) is 5.82 Å². The zero-order valence-corrected chi connectivity index (χ0v) is 9.87. The number of ether oxygens (including phenoxy) is 1. The van der Waals surface area contributed by atoms with Crippen LogP contribution < -0.4 is 10.1 Å². The number of halogens is 2. The van der Waals surface area contributed by atoms with E-state index in [4.69, 9.17) is 4.74 Å². The van der Waals surface area contributed by atoms with Gasteiger partial charge in [-0.3, -0.25) is 0 Å². The van der Waals surface area contributed by atoms with Crippen molar-refractivity contribution in [3.8, 4) is 11.6 Å². The van der Waals surface area contributed by atoms with Gasteiger partial charge in [0.25, 0.3) is 0 Å². The fraction of sp³-hybridized carbons (Fsp3) is 0.167. The molecule has 1 N–H and O–H groups in total. The van der Waals surface area contributed by atoms with Gasteiger partial charge in [-0.2, -0.15) is 4.98 Å². The summed E-state index contributed by atoms with van der Waals surface area (Å²) in [6.07, 6.45) is 1.55. The van der Waals surface area contributed by atoms with E-state index in [2.05, 4.69) is 15.3 Å². The maximum Gasteiger partial charge on any atom is 0.227 e. The van der Waals surface area contributed by atoms with Gasteiger partial charge >= 0.3 is 0 Å². The van der Waals surface area contributed by atoms with E-state index in [9.17, 15) is 8.78 Å². The SMILES string of the molecule is CNc1ncc(C)c(Oc2ccc(F)cc2F)n1. The van der Waals surface area contributed by atoms with E-state index < -0.39 is 11.6 Å². The highest BCUT2D eigenvalue weighted by Gasteiger charge is 2.10. The van der Waals surface area contributed by atoms with E-state index in [1.807, 2.05) is 0 Å². The largest absolute Gasteiger partial charge is 0.435 e. The van der Waals surface area contributed by atoms with Crippen LogP contribution in [0.25, 0.3) is 0 Å². The highest BCUT2D eigenvalue weighted by Crippen LogP contribution is 2.26. The van der Waals surface area contributed by atoms with Crippen LogP contribution in [0, 0.1) is 18.6 Å². The van der Waals surface area contributed by atoms with Crippen molar-refractivity contribution in [2.45, 2.75) is 6.92 Å². The Morgan fingerprint density at radius 1 is 1.28 bits per heavy atom. The van der Waals surface area contributed by atoms with E-state index in [1.165, 1.54) is 6.07 Å². The van der Waals surface area contributed by atoms with Crippen molar-refractivity contribution in [1.82, 2.24) is 9.97 Å². The van der Waals surface area contributed by atoms with Crippen LogP contribution in [0.4, 0.5) is 14.7 Å². The molecule has 94 valence electrons. The third kappa shape index (κ3) is 2.53. The minimum absolute atomic E-state index is 0.0831. The van der Waals surface area contributed by atoms with Gasteiger partial charge in [-0.05, 0) is 19.1 Å². The fourth-order valence-electron chi connectivity index (χ4n) is 1.31. The van der Waals surface area contributed by atoms with Gasteiger partial charge in [-0.25, -0.2) is 13.8 Å². The third-order valence-corrected chi connectivity index (χ3v) is 2.25. The summed E-state index contributed by atoms with van der Waals surface area (Å²) in [4.78, 5) is 8.02. The number of nitrogens with zero attached hydrogens (tertiary/aromatic N) is 2. The summed E-state index contributed by atoms with van der Waals surface area (Å²) in [6.45, 7) is 1.73. The molecule has 0 aliphatic heterocycles. The average Bonchev–Trinajstić information content (AvgIpc) is 2.35. The standard InChI is InChI=1S/C12H11F2N3O/c1-7-6-16-12(15-2)17-11(7)18-10-4-3-8(13)5-9(10)14/h3-6H,1-2H3,(H,15,16,17). The molecule has 0 spiro atoms. The number of hydrogen-bond donors (Lipinski definition) is 1. The van der Waals surface area contributed by atoms with Crippen molar-refractivity contribution in [2.24, 2.45) is 0 Å². The fourth-order valence-corrected chi connectivity index (χ4v) is 1.31. The van der Waals surface area contributed by atoms with Crippen molar-refractivity contribution < 1.29 is 13.5 Å². The van der Waals surface area contributed by atoms with E-state index >= 15 is 0 Å². The molecule has 4 nitrogen and oxygen atoms in total. The van der Waals surface area contributed by atoms with Gasteiger partial charge in [0.2, 0.25) is 11.8 Å². The Morgan fingerprint density at radius 3 is 2.72 bits per heavy atom. The molecule has 6 heteroatoms. The minimum atomic E-state index is -0.779. The normalized spacial score (nSPS) is 10.2. The van der Waals surface area contributed by atoms with Crippen LogP contribution in [-0.4, -0.2) is 17.0 Å². The second-order valence-corrected chi connectivity index (χ2v) is 3.61. The Kier molecular flexibility index (Phi) is 3.36. The lowest BCUT2D eigenvalue weighted by molar-refractivity contribution is 0.420. The summed E-state index contributed by atoms with van der Waals surface area (Å²) in [5.74, 6) is -0.938. The lowest BCUT2D eigenvalue weighted by Gasteiger charge is -2.09. The number of anilines is 1. The number of hydrogen-bond acceptors (Lipinski definition) is 4. The molecule has 0 amide bonds. The average molecular weight is 251 g/mol. The molecule has 0 bridgehead atoms. The Bertz CT molecular complexity index is 575. The molecule has 0 aliphatic rings. The number of aromatic nitrogens is 2. The Labute approximate surface area is 103 Å². The molecule has 0 fully saturated rings. The minimum Gasteiger partial charge on any atom is -0.435 e. The summed E-state index contributed by atoms with van der Waals surface area (Å²) >= 11 is 0. The van der Waals surface area contributed by atoms with Crippen LogP contribution >= 0.6 is 0 Å². The van der Waals surface area contributed by atoms with Crippen LogP contribution in [-0.2, 0) is 0 Å². The summed E-state index contributed by atoms with van der Waals surface area (Å²) < 4.78 is 31.5. The van der Waals surface area contributed by atoms with E-state index in [-0.39, 0.29) is 11.6 Å². The van der Waals surface area contributed by atoms with Crippen LogP contribution in [0.2, 0.25) is 0 Å². The van der Waals surface area contributed by atoms with Crippen LogP contribution in [0.15, 0.2) is 24.4 Å². The maximum atomic E-state index is 13.4. The third-order valence-electron chi connectivity index (χ3n) is 2.25. The summed E-state index contributed by atoms with van der Waals surface area (Å²) in [6, 6.07) is 3.09. The molecule has 1 aromatic carbocycles. The molecule has 0 atom stereocenters. The van der Waals surface area contributed by atoms with Gasteiger partial charge in [0.15, 0.2) is 11.6 Å². The molecule has 18 heavy (non-hydrogen) atoms. The monoisotopic (exact) mass is 251 g/mol. The second-order valence-electron chi connectivity index (χ2n) is 3.61.